The number of aromatic nitrogens is 2. The first-order valence-electron chi connectivity index (χ1n) is 10.1. The Hall–Kier alpha value is -3.87. The van der Waals surface area contributed by atoms with Gasteiger partial charge in [-0.2, -0.15) is 0 Å². The number of carbonyl (C=O) groups is 2. The van der Waals surface area contributed by atoms with E-state index in [4.69, 9.17) is 9.40 Å². The largest absolute Gasteiger partial charge is 0.459 e. The molecule has 0 fully saturated rings. The quantitative estimate of drug-likeness (QED) is 0.492. The summed E-state index contributed by atoms with van der Waals surface area (Å²) in [6.07, 6.45) is 1.42. The minimum absolute atomic E-state index is 0.0989. The first kappa shape index (κ1) is 20.4. The van der Waals surface area contributed by atoms with Gasteiger partial charge in [-0.15, -0.1) is 0 Å². The van der Waals surface area contributed by atoms with E-state index in [0.29, 0.717) is 5.69 Å². The summed E-state index contributed by atoms with van der Waals surface area (Å²) in [6, 6.07) is 18.0. The molecule has 2 heterocycles. The fourth-order valence-corrected chi connectivity index (χ4v) is 3.48. The first-order chi connectivity index (χ1) is 14.9. The van der Waals surface area contributed by atoms with Crippen molar-refractivity contribution >= 4 is 28.5 Å². The van der Waals surface area contributed by atoms with E-state index in [9.17, 15) is 9.59 Å². The van der Waals surface area contributed by atoms with Gasteiger partial charge in [0.05, 0.1) is 17.3 Å². The highest BCUT2D eigenvalue weighted by Crippen LogP contribution is 2.25. The molecule has 0 saturated heterocycles. The number of imidazole rings is 1. The number of hydrogen-bond donors (Lipinski definition) is 2. The van der Waals surface area contributed by atoms with Gasteiger partial charge in [0.15, 0.2) is 5.76 Å². The molecule has 0 radical (unpaired) electrons. The van der Waals surface area contributed by atoms with Crippen LogP contribution in [-0.4, -0.2) is 27.4 Å². The monoisotopic (exact) mass is 416 g/mol. The second kappa shape index (κ2) is 8.47. The zero-order valence-electron chi connectivity index (χ0n) is 17.6. The van der Waals surface area contributed by atoms with Crippen LogP contribution in [0.25, 0.3) is 22.4 Å². The van der Waals surface area contributed by atoms with E-state index in [1.54, 1.807) is 12.1 Å². The second-order valence-electron chi connectivity index (χ2n) is 7.72. The lowest BCUT2D eigenvalue weighted by Gasteiger charge is -2.21. The number of para-hydroxylation sites is 2. The van der Waals surface area contributed by atoms with Crippen LogP contribution in [0.1, 0.15) is 24.4 Å². The Morgan fingerprint density at radius 1 is 1.00 bits per heavy atom. The molecule has 1 unspecified atom stereocenters. The Morgan fingerprint density at radius 2 is 1.74 bits per heavy atom. The molecule has 0 aliphatic rings. The first-order valence-corrected chi connectivity index (χ1v) is 10.1. The van der Waals surface area contributed by atoms with Crippen LogP contribution < -0.4 is 10.6 Å². The zero-order chi connectivity index (χ0) is 22.0. The third-order valence-corrected chi connectivity index (χ3v) is 5.18. The van der Waals surface area contributed by atoms with E-state index in [1.807, 2.05) is 74.0 Å². The van der Waals surface area contributed by atoms with Crippen LogP contribution in [0.15, 0.2) is 71.3 Å². The molecule has 0 bridgehead atoms. The number of hydrogen-bond acceptors (Lipinski definition) is 4. The molecule has 4 rings (SSSR count). The Bertz CT molecular complexity index is 1210. The number of furan rings is 1. The predicted molar refractivity (Wildman–Crippen MR) is 120 cm³/mol. The molecule has 1 atom stereocenters. The topological polar surface area (TPSA) is 89.2 Å². The van der Waals surface area contributed by atoms with Crippen LogP contribution in [0.4, 0.5) is 5.69 Å². The fourth-order valence-electron chi connectivity index (χ4n) is 3.48. The van der Waals surface area contributed by atoms with Gasteiger partial charge in [-0.3, -0.25) is 9.59 Å². The highest BCUT2D eigenvalue weighted by atomic mass is 16.3. The van der Waals surface area contributed by atoms with Gasteiger partial charge in [0, 0.05) is 18.3 Å². The molecule has 2 amide bonds. The molecule has 0 saturated carbocycles. The molecule has 4 aromatic rings. The van der Waals surface area contributed by atoms with Crippen LogP contribution in [0, 0.1) is 5.92 Å². The molecule has 0 spiro atoms. The lowest BCUT2D eigenvalue weighted by atomic mass is 10.0. The van der Waals surface area contributed by atoms with E-state index in [1.165, 1.54) is 6.26 Å². The van der Waals surface area contributed by atoms with Gasteiger partial charge in [0.25, 0.3) is 5.91 Å². The van der Waals surface area contributed by atoms with E-state index in [0.717, 1.165) is 22.4 Å². The Morgan fingerprint density at radius 3 is 2.39 bits per heavy atom. The number of anilines is 1. The Kier molecular flexibility index (Phi) is 5.58. The third-order valence-electron chi connectivity index (χ3n) is 5.18. The maximum absolute atomic E-state index is 12.8. The van der Waals surface area contributed by atoms with Crippen molar-refractivity contribution in [1.82, 2.24) is 14.9 Å². The minimum Gasteiger partial charge on any atom is -0.459 e. The Labute approximate surface area is 180 Å². The summed E-state index contributed by atoms with van der Waals surface area (Å²) in [5, 5.41) is 5.62. The van der Waals surface area contributed by atoms with Crippen LogP contribution >= 0.6 is 0 Å². The number of fused-ring (bicyclic) bond motifs is 1. The normalized spacial score (nSPS) is 12.1. The minimum atomic E-state index is -0.697. The van der Waals surface area contributed by atoms with Gasteiger partial charge in [-0.05, 0) is 54.4 Å². The van der Waals surface area contributed by atoms with E-state index in [-0.39, 0.29) is 17.6 Å². The average molecular weight is 416 g/mol. The summed E-state index contributed by atoms with van der Waals surface area (Å²) < 4.78 is 7.15. The van der Waals surface area contributed by atoms with Crippen LogP contribution in [-0.2, 0) is 11.8 Å². The molecular weight excluding hydrogens is 392 g/mol. The molecule has 31 heavy (non-hydrogen) atoms. The van der Waals surface area contributed by atoms with Gasteiger partial charge >= 0.3 is 0 Å². The van der Waals surface area contributed by atoms with Crippen LogP contribution in [0.3, 0.4) is 0 Å². The van der Waals surface area contributed by atoms with Crippen molar-refractivity contribution in [3.05, 3.63) is 72.7 Å². The number of nitrogens with one attached hydrogen (secondary N) is 2. The number of aryl methyl sites for hydroxylation is 1. The van der Waals surface area contributed by atoms with Gasteiger partial charge in [0.1, 0.15) is 11.9 Å². The number of amides is 2. The van der Waals surface area contributed by atoms with Crippen molar-refractivity contribution in [2.24, 2.45) is 13.0 Å². The molecule has 2 N–H and O–H groups in total. The number of nitrogens with zero attached hydrogens (tertiary/aromatic N) is 2. The fraction of sp³-hybridized carbons (Fsp3) is 0.208. The van der Waals surface area contributed by atoms with Gasteiger partial charge in [-0.25, -0.2) is 4.98 Å². The molecule has 0 aliphatic carbocycles. The highest BCUT2D eigenvalue weighted by molar-refractivity contribution is 6.00. The van der Waals surface area contributed by atoms with E-state index >= 15 is 0 Å². The molecule has 7 nitrogen and oxygen atoms in total. The summed E-state index contributed by atoms with van der Waals surface area (Å²) in [5.74, 6) is 0.217. The molecule has 2 aromatic heterocycles. The average Bonchev–Trinajstić information content (AvgIpc) is 3.41. The SMILES string of the molecule is CC(C)C(NC(=O)c1ccco1)C(=O)Nc1ccc(-c2nc3ccccc3n2C)cc1. The summed E-state index contributed by atoms with van der Waals surface area (Å²) in [4.78, 5) is 29.8. The Balaban J connectivity index is 1.48. The maximum atomic E-state index is 12.8. The molecular formula is C24H24N4O3. The summed E-state index contributed by atoms with van der Waals surface area (Å²) >= 11 is 0. The second-order valence-corrected chi connectivity index (χ2v) is 7.72. The molecule has 2 aromatic carbocycles. The molecule has 7 heteroatoms. The maximum Gasteiger partial charge on any atom is 0.287 e. The standard InChI is InChI=1S/C24H24N4O3/c1-15(2)21(27-23(29)20-9-6-14-31-20)24(30)25-17-12-10-16(11-13-17)22-26-18-7-4-5-8-19(18)28(22)3/h4-15,21H,1-3H3,(H,25,30)(H,27,29). The smallest absolute Gasteiger partial charge is 0.287 e. The third kappa shape index (κ3) is 4.21. The lowest BCUT2D eigenvalue weighted by molar-refractivity contribution is -0.118. The number of benzene rings is 2. The van der Waals surface area contributed by atoms with Gasteiger partial charge < -0.3 is 19.6 Å². The predicted octanol–water partition coefficient (Wildman–Crippen LogP) is 4.23. The van der Waals surface area contributed by atoms with E-state index < -0.39 is 11.9 Å². The lowest BCUT2D eigenvalue weighted by Crippen LogP contribution is -2.47. The van der Waals surface area contributed by atoms with Crippen molar-refractivity contribution in [3.8, 4) is 11.4 Å². The van der Waals surface area contributed by atoms with Crippen molar-refractivity contribution in [3.63, 3.8) is 0 Å². The van der Waals surface area contributed by atoms with E-state index in [2.05, 4.69) is 10.6 Å². The molecule has 158 valence electrons. The number of rotatable bonds is 6. The number of carbonyl (C=O) groups excluding carboxylic acids is 2. The zero-order valence-corrected chi connectivity index (χ0v) is 17.6. The summed E-state index contributed by atoms with van der Waals surface area (Å²) in [5.41, 5.74) is 3.58. The van der Waals surface area contributed by atoms with Crippen molar-refractivity contribution < 1.29 is 14.0 Å². The van der Waals surface area contributed by atoms with Gasteiger partial charge in [0.2, 0.25) is 5.91 Å². The van der Waals surface area contributed by atoms with Crippen molar-refractivity contribution in [2.75, 3.05) is 5.32 Å². The molecule has 0 aliphatic heterocycles. The van der Waals surface area contributed by atoms with Crippen LogP contribution in [0.2, 0.25) is 0 Å². The summed E-state index contributed by atoms with van der Waals surface area (Å²) in [6.45, 7) is 3.75. The highest BCUT2D eigenvalue weighted by Gasteiger charge is 2.25. The van der Waals surface area contributed by atoms with Crippen LogP contribution in [0.5, 0.6) is 0 Å². The summed E-state index contributed by atoms with van der Waals surface area (Å²) in [7, 11) is 1.98. The van der Waals surface area contributed by atoms with Crippen molar-refractivity contribution in [1.29, 1.82) is 0 Å². The van der Waals surface area contributed by atoms with Gasteiger partial charge in [-0.1, -0.05) is 26.0 Å². The van der Waals surface area contributed by atoms with Crippen molar-refractivity contribution in [2.45, 2.75) is 19.9 Å².